The Kier molecular flexibility index (Phi) is 4.76. The van der Waals surface area contributed by atoms with Gasteiger partial charge in [-0.25, -0.2) is 21.6 Å². The van der Waals surface area contributed by atoms with E-state index in [9.17, 15) is 16.8 Å². The Morgan fingerprint density at radius 3 is 1.68 bits per heavy atom. The van der Waals surface area contributed by atoms with Gasteiger partial charge in [-0.05, 0) is 37.1 Å². The van der Waals surface area contributed by atoms with Crippen LogP contribution in [0, 0.1) is 5.92 Å². The molecule has 108 valence electrons. The number of hydrogen-bond donors (Lipinski definition) is 1. The molecule has 0 saturated carbocycles. The first-order valence-corrected chi connectivity index (χ1v) is 9.24. The predicted molar refractivity (Wildman–Crippen MR) is 74.2 cm³/mol. The van der Waals surface area contributed by atoms with Gasteiger partial charge in [0, 0.05) is 12.3 Å². The molecule has 0 aliphatic carbocycles. The largest absolute Gasteiger partial charge is 0.240 e. The van der Waals surface area contributed by atoms with Crippen LogP contribution < -0.4 is 4.72 Å². The highest BCUT2D eigenvalue weighted by Gasteiger charge is 2.19. The first-order valence-electron chi connectivity index (χ1n) is 5.86. The van der Waals surface area contributed by atoms with Crippen molar-refractivity contribution in [3.8, 4) is 0 Å². The first-order chi connectivity index (χ1) is 8.54. The maximum absolute atomic E-state index is 12.0. The molecule has 19 heavy (non-hydrogen) atoms. The minimum Gasteiger partial charge on any atom is -0.224 e. The van der Waals surface area contributed by atoms with Gasteiger partial charge in [0.05, 0.1) is 9.79 Å². The van der Waals surface area contributed by atoms with E-state index < -0.39 is 19.9 Å². The summed E-state index contributed by atoms with van der Waals surface area (Å²) >= 11 is 0. The van der Waals surface area contributed by atoms with Crippen molar-refractivity contribution in [3.05, 3.63) is 24.3 Å². The third kappa shape index (κ3) is 4.29. The third-order valence-electron chi connectivity index (χ3n) is 2.90. The van der Waals surface area contributed by atoms with E-state index in [1.165, 1.54) is 24.3 Å². The standard InChI is InChI=1S/C12H19NO4S2/c1-9(2)10(3)13-19(16,17)12-7-5-11(6-8-12)18(4,14)15/h5-10,13H,1-4H3/t10-/m0/s1. The zero-order valence-electron chi connectivity index (χ0n) is 11.4. The summed E-state index contributed by atoms with van der Waals surface area (Å²) in [5.41, 5.74) is 0. The number of nitrogens with one attached hydrogen (secondary N) is 1. The van der Waals surface area contributed by atoms with Crippen molar-refractivity contribution in [1.82, 2.24) is 4.72 Å². The molecule has 7 heteroatoms. The average molecular weight is 305 g/mol. The van der Waals surface area contributed by atoms with Crippen molar-refractivity contribution in [2.75, 3.05) is 6.26 Å². The molecule has 0 aliphatic rings. The Morgan fingerprint density at radius 1 is 0.895 bits per heavy atom. The van der Waals surface area contributed by atoms with Gasteiger partial charge in [-0.3, -0.25) is 0 Å². The Bertz CT molecular complexity index is 631. The molecule has 1 N–H and O–H groups in total. The molecule has 1 rings (SSSR count). The summed E-state index contributed by atoms with van der Waals surface area (Å²) in [5, 5.41) is 0. The van der Waals surface area contributed by atoms with Crippen LogP contribution in [0.25, 0.3) is 0 Å². The zero-order chi connectivity index (χ0) is 14.8. The lowest BCUT2D eigenvalue weighted by Gasteiger charge is -2.17. The molecular formula is C12H19NO4S2. The van der Waals surface area contributed by atoms with Crippen LogP contribution in [0.15, 0.2) is 34.1 Å². The second kappa shape index (κ2) is 5.60. The molecule has 5 nitrogen and oxygen atoms in total. The molecule has 0 spiro atoms. The number of rotatable bonds is 5. The van der Waals surface area contributed by atoms with Gasteiger partial charge in [0.1, 0.15) is 0 Å². The third-order valence-corrected chi connectivity index (χ3v) is 5.61. The maximum Gasteiger partial charge on any atom is 0.240 e. The van der Waals surface area contributed by atoms with Gasteiger partial charge in [-0.15, -0.1) is 0 Å². The fraction of sp³-hybridized carbons (Fsp3) is 0.500. The Morgan fingerprint density at radius 2 is 1.32 bits per heavy atom. The van der Waals surface area contributed by atoms with E-state index >= 15 is 0 Å². The summed E-state index contributed by atoms with van der Waals surface area (Å²) in [5.74, 6) is 0.171. The molecule has 1 atom stereocenters. The Balaban J connectivity index is 3.04. The maximum atomic E-state index is 12.0. The second-order valence-corrected chi connectivity index (χ2v) is 8.63. The fourth-order valence-corrected chi connectivity index (χ4v) is 3.34. The fourth-order valence-electron chi connectivity index (χ4n) is 1.31. The molecule has 0 bridgehead atoms. The van der Waals surface area contributed by atoms with Crippen LogP contribution in [0.3, 0.4) is 0 Å². The quantitative estimate of drug-likeness (QED) is 0.892. The van der Waals surface area contributed by atoms with Crippen molar-refractivity contribution in [2.45, 2.75) is 36.6 Å². The highest BCUT2D eigenvalue weighted by molar-refractivity contribution is 7.90. The first kappa shape index (κ1) is 16.1. The second-order valence-electron chi connectivity index (χ2n) is 4.90. The van der Waals surface area contributed by atoms with Gasteiger partial charge in [0.25, 0.3) is 0 Å². The van der Waals surface area contributed by atoms with Gasteiger partial charge in [-0.1, -0.05) is 13.8 Å². The molecule has 0 saturated heterocycles. The van der Waals surface area contributed by atoms with Crippen LogP contribution >= 0.6 is 0 Å². The van der Waals surface area contributed by atoms with Crippen molar-refractivity contribution < 1.29 is 16.8 Å². The van der Waals surface area contributed by atoms with Gasteiger partial charge < -0.3 is 0 Å². The van der Waals surface area contributed by atoms with E-state index in [1.807, 2.05) is 13.8 Å². The topological polar surface area (TPSA) is 80.3 Å². The van der Waals surface area contributed by atoms with Crippen molar-refractivity contribution in [3.63, 3.8) is 0 Å². The molecule has 0 aromatic heterocycles. The predicted octanol–water partition coefficient (Wildman–Crippen LogP) is 1.41. The summed E-state index contributed by atoms with van der Waals surface area (Å²) in [6.07, 6.45) is 1.08. The van der Waals surface area contributed by atoms with Crippen molar-refractivity contribution in [1.29, 1.82) is 0 Å². The highest BCUT2D eigenvalue weighted by Crippen LogP contribution is 2.15. The molecule has 0 radical (unpaired) electrons. The number of sulfone groups is 1. The molecule has 1 aromatic carbocycles. The van der Waals surface area contributed by atoms with Crippen molar-refractivity contribution in [2.24, 2.45) is 5.92 Å². The van der Waals surface area contributed by atoms with Crippen LogP contribution in [0.2, 0.25) is 0 Å². The smallest absolute Gasteiger partial charge is 0.224 e. The van der Waals surface area contributed by atoms with Crippen LogP contribution in [-0.2, 0) is 19.9 Å². The summed E-state index contributed by atoms with van der Waals surface area (Å²) in [4.78, 5) is 0.163. The Hall–Kier alpha value is -0.920. The molecule has 0 heterocycles. The van der Waals surface area contributed by atoms with Crippen molar-refractivity contribution >= 4 is 19.9 Å². The summed E-state index contributed by atoms with van der Waals surface area (Å²) in [6, 6.07) is 4.99. The lowest BCUT2D eigenvalue weighted by Crippen LogP contribution is -2.36. The normalized spacial score (nSPS) is 14.6. The van der Waals surface area contributed by atoms with Gasteiger partial charge in [0.15, 0.2) is 9.84 Å². The zero-order valence-corrected chi connectivity index (χ0v) is 13.0. The molecule has 1 aromatic rings. The summed E-state index contributed by atoms with van der Waals surface area (Å²) in [6.45, 7) is 5.62. The minimum absolute atomic E-state index is 0.0624. The molecule has 0 aliphatic heterocycles. The average Bonchev–Trinajstić information content (AvgIpc) is 2.27. The van der Waals surface area contributed by atoms with Gasteiger partial charge in [0.2, 0.25) is 10.0 Å². The summed E-state index contributed by atoms with van der Waals surface area (Å²) < 4.78 is 49.2. The van der Waals surface area contributed by atoms with E-state index in [0.717, 1.165) is 6.26 Å². The van der Waals surface area contributed by atoms with E-state index in [1.54, 1.807) is 6.92 Å². The Labute approximate surface area is 115 Å². The van der Waals surface area contributed by atoms with E-state index in [-0.39, 0.29) is 21.8 Å². The lowest BCUT2D eigenvalue weighted by atomic mass is 10.1. The van der Waals surface area contributed by atoms with E-state index in [2.05, 4.69) is 4.72 Å². The van der Waals surface area contributed by atoms with E-state index in [4.69, 9.17) is 0 Å². The van der Waals surface area contributed by atoms with Gasteiger partial charge in [-0.2, -0.15) is 0 Å². The van der Waals surface area contributed by atoms with Crippen LogP contribution in [-0.4, -0.2) is 29.1 Å². The lowest BCUT2D eigenvalue weighted by molar-refractivity contribution is 0.476. The summed E-state index contributed by atoms with van der Waals surface area (Å²) in [7, 11) is -6.93. The highest BCUT2D eigenvalue weighted by atomic mass is 32.2. The molecule has 0 amide bonds. The molecule has 0 fully saturated rings. The number of sulfonamides is 1. The molecular weight excluding hydrogens is 286 g/mol. The van der Waals surface area contributed by atoms with E-state index in [0.29, 0.717) is 0 Å². The monoisotopic (exact) mass is 305 g/mol. The minimum atomic E-state index is -3.61. The number of hydrogen-bond acceptors (Lipinski definition) is 4. The van der Waals surface area contributed by atoms with Crippen LogP contribution in [0.5, 0.6) is 0 Å². The van der Waals surface area contributed by atoms with Gasteiger partial charge >= 0.3 is 0 Å². The number of benzene rings is 1. The SMILES string of the molecule is CC(C)[C@H](C)NS(=O)(=O)c1ccc(S(C)(=O)=O)cc1. The van der Waals surface area contributed by atoms with Crippen LogP contribution in [0.4, 0.5) is 0 Å². The van der Waals surface area contributed by atoms with Crippen LogP contribution in [0.1, 0.15) is 20.8 Å². The molecule has 0 unspecified atom stereocenters.